The molecule has 1 rings (SSSR count). The summed E-state index contributed by atoms with van der Waals surface area (Å²) in [5, 5.41) is 8.65. The van der Waals surface area contributed by atoms with E-state index >= 15 is 0 Å². The minimum atomic E-state index is -0.220. The number of anilines is 1. The van der Waals surface area contributed by atoms with Crippen LogP contribution in [-0.2, 0) is 0 Å². The average molecular weight is 251 g/mol. The second-order valence-corrected chi connectivity index (χ2v) is 4.20. The fourth-order valence-corrected chi connectivity index (χ4v) is 1.60. The lowest BCUT2D eigenvalue weighted by molar-refractivity contribution is 0.250. The predicted octanol–water partition coefficient (Wildman–Crippen LogP) is 1.67. The van der Waals surface area contributed by atoms with Gasteiger partial charge in [-0.2, -0.15) is 0 Å². The zero-order valence-corrected chi connectivity index (χ0v) is 11.1. The van der Waals surface area contributed by atoms with Gasteiger partial charge in [-0.1, -0.05) is 19.1 Å². The lowest BCUT2D eigenvalue weighted by Crippen LogP contribution is -2.35. The number of urea groups is 1. The summed E-state index contributed by atoms with van der Waals surface area (Å²) in [6.45, 7) is 3.57. The average Bonchev–Trinajstić information content (AvgIpc) is 2.37. The molecule has 0 heterocycles. The molecule has 100 valence electrons. The number of benzene rings is 1. The highest BCUT2D eigenvalue weighted by molar-refractivity contribution is 5.90. The molecule has 0 saturated carbocycles. The summed E-state index contributed by atoms with van der Waals surface area (Å²) in [5.41, 5.74) is 0.666. The van der Waals surface area contributed by atoms with Crippen molar-refractivity contribution in [3.63, 3.8) is 0 Å². The Morgan fingerprint density at radius 1 is 1.33 bits per heavy atom. The number of nitrogens with one attached hydrogen (secondary N) is 3. The Hall–Kier alpha value is -1.75. The van der Waals surface area contributed by atoms with Gasteiger partial charge in [-0.05, 0) is 31.6 Å². The molecule has 0 fully saturated rings. The maximum Gasteiger partial charge on any atom is 0.319 e. The Morgan fingerprint density at radius 2 is 2.06 bits per heavy atom. The molecule has 0 aliphatic carbocycles. The van der Waals surface area contributed by atoms with Crippen LogP contribution in [0, 0.1) is 5.92 Å². The number of hydrogen-bond acceptors (Lipinski definition) is 3. The van der Waals surface area contributed by atoms with Crippen molar-refractivity contribution in [1.82, 2.24) is 10.6 Å². The number of amides is 2. The van der Waals surface area contributed by atoms with Crippen LogP contribution in [0.2, 0.25) is 0 Å². The zero-order chi connectivity index (χ0) is 13.4. The summed E-state index contributed by atoms with van der Waals surface area (Å²) < 4.78 is 5.16. The van der Waals surface area contributed by atoms with Crippen molar-refractivity contribution in [2.75, 3.05) is 32.6 Å². The van der Waals surface area contributed by atoms with E-state index in [1.54, 1.807) is 19.2 Å². The standard InChI is InChI=1S/C13H21N3O2/c1-10(8-14-2)9-15-13(17)16-11-6-4-5-7-12(11)18-3/h4-7,10,14H,8-9H2,1-3H3,(H2,15,16,17). The molecule has 2 amide bonds. The molecule has 0 aliphatic rings. The normalized spacial score (nSPS) is 11.7. The third kappa shape index (κ3) is 4.63. The molecule has 3 N–H and O–H groups in total. The Bertz CT molecular complexity index is 382. The summed E-state index contributed by atoms with van der Waals surface area (Å²) in [4.78, 5) is 11.7. The molecule has 0 saturated heterocycles. The molecule has 18 heavy (non-hydrogen) atoms. The number of para-hydroxylation sites is 2. The van der Waals surface area contributed by atoms with E-state index in [0.29, 0.717) is 23.9 Å². The first-order chi connectivity index (χ1) is 8.67. The molecule has 1 unspecified atom stereocenters. The molecule has 1 aromatic rings. The Morgan fingerprint density at radius 3 is 2.72 bits per heavy atom. The molecule has 0 bridgehead atoms. The quantitative estimate of drug-likeness (QED) is 0.720. The van der Waals surface area contributed by atoms with Crippen LogP contribution < -0.4 is 20.7 Å². The zero-order valence-electron chi connectivity index (χ0n) is 11.1. The van der Waals surface area contributed by atoms with Gasteiger partial charge in [0.05, 0.1) is 12.8 Å². The molecule has 0 aromatic heterocycles. The van der Waals surface area contributed by atoms with E-state index < -0.39 is 0 Å². The van der Waals surface area contributed by atoms with Crippen LogP contribution in [0.5, 0.6) is 5.75 Å². The molecular weight excluding hydrogens is 230 g/mol. The molecule has 1 atom stereocenters. The molecule has 1 aromatic carbocycles. The second-order valence-electron chi connectivity index (χ2n) is 4.20. The van der Waals surface area contributed by atoms with E-state index in [9.17, 15) is 4.79 Å². The van der Waals surface area contributed by atoms with Gasteiger partial charge in [0, 0.05) is 6.54 Å². The maximum absolute atomic E-state index is 11.7. The maximum atomic E-state index is 11.7. The summed E-state index contributed by atoms with van der Waals surface area (Å²) >= 11 is 0. The summed E-state index contributed by atoms with van der Waals surface area (Å²) in [5.74, 6) is 1.04. The lowest BCUT2D eigenvalue weighted by Gasteiger charge is -2.14. The number of hydrogen-bond donors (Lipinski definition) is 3. The lowest BCUT2D eigenvalue weighted by atomic mass is 10.2. The first-order valence-corrected chi connectivity index (χ1v) is 5.99. The van der Waals surface area contributed by atoms with Gasteiger partial charge in [0.15, 0.2) is 0 Å². The van der Waals surface area contributed by atoms with Crippen molar-refractivity contribution in [3.05, 3.63) is 24.3 Å². The number of carbonyl (C=O) groups excluding carboxylic acids is 1. The van der Waals surface area contributed by atoms with Crippen molar-refractivity contribution in [3.8, 4) is 5.75 Å². The van der Waals surface area contributed by atoms with E-state index in [0.717, 1.165) is 6.54 Å². The highest BCUT2D eigenvalue weighted by atomic mass is 16.5. The fraction of sp³-hybridized carbons (Fsp3) is 0.462. The Balaban J connectivity index is 2.44. The minimum absolute atomic E-state index is 0.220. The van der Waals surface area contributed by atoms with E-state index in [2.05, 4.69) is 22.9 Å². The van der Waals surface area contributed by atoms with Gasteiger partial charge in [-0.3, -0.25) is 0 Å². The summed E-state index contributed by atoms with van der Waals surface area (Å²) in [6.07, 6.45) is 0. The van der Waals surface area contributed by atoms with Gasteiger partial charge >= 0.3 is 6.03 Å². The summed E-state index contributed by atoms with van der Waals surface area (Å²) in [6, 6.07) is 7.09. The van der Waals surface area contributed by atoms with E-state index in [1.807, 2.05) is 19.2 Å². The Kier molecular flexibility index (Phi) is 6.00. The molecule has 0 radical (unpaired) electrons. The van der Waals surface area contributed by atoms with Crippen LogP contribution >= 0.6 is 0 Å². The third-order valence-electron chi connectivity index (χ3n) is 2.52. The van der Waals surface area contributed by atoms with Gasteiger partial charge in [-0.25, -0.2) is 4.79 Å². The third-order valence-corrected chi connectivity index (χ3v) is 2.52. The highest BCUT2D eigenvalue weighted by Gasteiger charge is 2.07. The van der Waals surface area contributed by atoms with Crippen molar-refractivity contribution < 1.29 is 9.53 Å². The number of ether oxygens (including phenoxy) is 1. The number of rotatable bonds is 6. The predicted molar refractivity (Wildman–Crippen MR) is 73.1 cm³/mol. The van der Waals surface area contributed by atoms with Crippen LogP contribution in [0.4, 0.5) is 10.5 Å². The first kappa shape index (κ1) is 14.3. The van der Waals surface area contributed by atoms with Crippen LogP contribution in [0.25, 0.3) is 0 Å². The van der Waals surface area contributed by atoms with Crippen molar-refractivity contribution in [1.29, 1.82) is 0 Å². The van der Waals surface area contributed by atoms with Crippen molar-refractivity contribution in [2.24, 2.45) is 5.92 Å². The molecule has 5 heteroatoms. The van der Waals surface area contributed by atoms with Gasteiger partial charge < -0.3 is 20.7 Å². The smallest absolute Gasteiger partial charge is 0.319 e. The SMILES string of the molecule is CNCC(C)CNC(=O)Nc1ccccc1OC. The summed E-state index contributed by atoms with van der Waals surface area (Å²) in [7, 11) is 3.47. The van der Waals surface area contributed by atoms with Gasteiger partial charge in [0.25, 0.3) is 0 Å². The van der Waals surface area contributed by atoms with Crippen LogP contribution in [0.3, 0.4) is 0 Å². The largest absolute Gasteiger partial charge is 0.495 e. The minimum Gasteiger partial charge on any atom is -0.495 e. The van der Waals surface area contributed by atoms with E-state index in [-0.39, 0.29) is 6.03 Å². The second kappa shape index (κ2) is 7.55. The fourth-order valence-electron chi connectivity index (χ4n) is 1.60. The number of carbonyl (C=O) groups is 1. The first-order valence-electron chi connectivity index (χ1n) is 5.99. The van der Waals surface area contributed by atoms with Crippen molar-refractivity contribution >= 4 is 11.7 Å². The molecule has 0 aliphatic heterocycles. The van der Waals surface area contributed by atoms with E-state index in [4.69, 9.17) is 4.74 Å². The van der Waals surface area contributed by atoms with Gasteiger partial charge in [-0.15, -0.1) is 0 Å². The van der Waals surface area contributed by atoms with Crippen LogP contribution in [0.1, 0.15) is 6.92 Å². The highest BCUT2D eigenvalue weighted by Crippen LogP contribution is 2.22. The number of methoxy groups -OCH3 is 1. The van der Waals surface area contributed by atoms with Crippen molar-refractivity contribution in [2.45, 2.75) is 6.92 Å². The topological polar surface area (TPSA) is 62.4 Å². The van der Waals surface area contributed by atoms with Gasteiger partial charge in [0.2, 0.25) is 0 Å². The van der Waals surface area contributed by atoms with E-state index in [1.165, 1.54) is 0 Å². The van der Waals surface area contributed by atoms with Crippen LogP contribution in [0.15, 0.2) is 24.3 Å². The molecule has 5 nitrogen and oxygen atoms in total. The van der Waals surface area contributed by atoms with Crippen LogP contribution in [-0.4, -0.2) is 33.3 Å². The van der Waals surface area contributed by atoms with Gasteiger partial charge in [0.1, 0.15) is 5.75 Å². The Labute approximate surface area is 108 Å². The molecular formula is C13H21N3O2. The monoisotopic (exact) mass is 251 g/mol. The molecule has 0 spiro atoms.